The number of piperazine rings is 1. The van der Waals surface area contributed by atoms with Crippen LogP contribution in [0.15, 0.2) is 23.0 Å². The van der Waals surface area contributed by atoms with Crippen LogP contribution in [0.4, 0.5) is 0 Å². The number of hydrogen-bond acceptors (Lipinski definition) is 4. The quantitative estimate of drug-likeness (QED) is 0.563. The molecule has 25 heavy (non-hydrogen) atoms. The molecule has 0 saturated carbocycles. The zero-order chi connectivity index (χ0) is 17.3. The monoisotopic (exact) mass is 405 g/mol. The number of carbonyl (C=O) groups excluding carboxylic acids is 1. The van der Waals surface area contributed by atoms with Crippen molar-refractivity contribution < 1.29 is 27.2 Å². The van der Waals surface area contributed by atoms with Crippen LogP contribution in [0.1, 0.15) is 6.92 Å². The van der Waals surface area contributed by atoms with Gasteiger partial charge in [0.25, 0.3) is 0 Å². The van der Waals surface area contributed by atoms with Crippen LogP contribution in [0.5, 0.6) is 0 Å². The van der Waals surface area contributed by atoms with Crippen molar-refractivity contribution >= 4 is 39.1 Å². The number of aliphatic hydroxyl groups excluding tert-OH is 1. The van der Waals surface area contributed by atoms with Crippen LogP contribution >= 0.6 is 22.9 Å². The van der Waals surface area contributed by atoms with Crippen molar-refractivity contribution in [3.8, 4) is 0 Å². The third-order valence-electron chi connectivity index (χ3n) is 4.33. The third kappa shape index (κ3) is 4.74. The van der Waals surface area contributed by atoms with Gasteiger partial charge in [-0.3, -0.25) is 14.2 Å². The van der Waals surface area contributed by atoms with E-state index in [0.717, 1.165) is 29.1 Å². The first kappa shape index (κ1) is 20.2. The normalized spacial score (nSPS) is 16.7. The fourth-order valence-corrected chi connectivity index (χ4v) is 4.15. The van der Waals surface area contributed by atoms with E-state index < -0.39 is 0 Å². The van der Waals surface area contributed by atoms with E-state index in [2.05, 4.69) is 0 Å². The number of nitrogens with zero attached hydrogens (tertiary/aromatic N) is 2. The van der Waals surface area contributed by atoms with E-state index in [1.54, 1.807) is 24.0 Å². The number of amides is 1. The lowest BCUT2D eigenvalue weighted by atomic mass is 10.2. The number of rotatable bonds is 4. The summed E-state index contributed by atoms with van der Waals surface area (Å²) in [5.74, 6) is -0.0483. The lowest BCUT2D eigenvalue weighted by molar-refractivity contribution is -0.906. The Hall–Kier alpha value is -1.12. The van der Waals surface area contributed by atoms with Gasteiger partial charge in [0.05, 0.1) is 36.4 Å². The molecule has 3 rings (SSSR count). The van der Waals surface area contributed by atoms with Crippen molar-refractivity contribution in [2.75, 3.05) is 32.7 Å². The van der Waals surface area contributed by atoms with Crippen LogP contribution < -0.4 is 22.2 Å². The molecule has 1 amide bonds. The van der Waals surface area contributed by atoms with E-state index in [1.165, 1.54) is 9.47 Å². The van der Waals surface area contributed by atoms with E-state index in [-0.39, 0.29) is 35.8 Å². The Bertz CT molecular complexity index is 798. The summed E-state index contributed by atoms with van der Waals surface area (Å²) in [6, 6.07) is 5.28. The second kappa shape index (κ2) is 8.51. The fraction of sp³-hybridized carbons (Fsp3) is 0.500. The molecule has 0 radical (unpaired) electrons. The summed E-state index contributed by atoms with van der Waals surface area (Å²) < 4.78 is 2.34. The molecule has 1 aromatic carbocycles. The molecular weight excluding hydrogens is 385 g/mol. The molecule has 9 heteroatoms. The number of aromatic nitrogens is 1. The van der Waals surface area contributed by atoms with Gasteiger partial charge in [0.2, 0.25) is 5.91 Å². The second-order valence-corrected chi connectivity index (χ2v) is 7.68. The largest absolute Gasteiger partial charge is 1.00 e. The molecule has 138 valence electrons. The highest BCUT2D eigenvalue weighted by Gasteiger charge is 2.25. The number of aliphatic hydroxyl groups is 1. The molecule has 1 aromatic heterocycles. The topological polar surface area (TPSA) is 67.0 Å². The maximum Gasteiger partial charge on any atom is 0.308 e. The predicted molar refractivity (Wildman–Crippen MR) is 94.9 cm³/mol. The third-order valence-corrected chi connectivity index (χ3v) is 5.53. The van der Waals surface area contributed by atoms with E-state index in [0.29, 0.717) is 30.2 Å². The predicted octanol–water partition coefficient (Wildman–Crippen LogP) is -3.17. The SMILES string of the molecule is CC(O)C[NH+]1CCN(C(=O)Cn2c(=O)sc3ccc(Cl)cc32)CC1.[Cl-]. The number of carbonyl (C=O) groups is 1. The van der Waals surface area contributed by atoms with Crippen molar-refractivity contribution in [2.24, 2.45) is 0 Å². The highest BCUT2D eigenvalue weighted by Crippen LogP contribution is 2.21. The highest BCUT2D eigenvalue weighted by atomic mass is 35.5. The molecule has 1 fully saturated rings. The number of hydrogen-bond donors (Lipinski definition) is 2. The number of benzene rings is 1. The summed E-state index contributed by atoms with van der Waals surface area (Å²) in [4.78, 5) is 27.7. The minimum Gasteiger partial charge on any atom is -1.00 e. The summed E-state index contributed by atoms with van der Waals surface area (Å²) in [6.07, 6.45) is -0.331. The molecule has 2 heterocycles. The first-order valence-corrected chi connectivity index (χ1v) is 9.22. The number of quaternary nitrogens is 1. The highest BCUT2D eigenvalue weighted by molar-refractivity contribution is 7.16. The fourth-order valence-electron chi connectivity index (χ4n) is 3.11. The van der Waals surface area contributed by atoms with Crippen LogP contribution in [-0.2, 0) is 11.3 Å². The Balaban J connectivity index is 0.00000225. The van der Waals surface area contributed by atoms with E-state index in [1.807, 2.05) is 6.07 Å². The molecule has 1 aliphatic heterocycles. The van der Waals surface area contributed by atoms with E-state index in [9.17, 15) is 14.7 Å². The van der Waals surface area contributed by atoms with Crippen LogP contribution in [-0.4, -0.2) is 59.3 Å². The van der Waals surface area contributed by atoms with Crippen LogP contribution in [0.2, 0.25) is 5.02 Å². The number of fused-ring (bicyclic) bond motifs is 1. The molecule has 2 N–H and O–H groups in total. The Labute approximate surface area is 161 Å². The van der Waals surface area contributed by atoms with Crippen molar-refractivity contribution in [2.45, 2.75) is 19.6 Å². The van der Waals surface area contributed by atoms with E-state index >= 15 is 0 Å². The second-order valence-electron chi connectivity index (χ2n) is 6.25. The molecule has 1 saturated heterocycles. The van der Waals surface area contributed by atoms with Gasteiger partial charge < -0.3 is 27.3 Å². The maximum absolute atomic E-state index is 12.6. The van der Waals surface area contributed by atoms with Gasteiger partial charge in [0.15, 0.2) is 0 Å². The van der Waals surface area contributed by atoms with Gasteiger partial charge in [-0.15, -0.1) is 0 Å². The zero-order valence-corrected chi connectivity index (χ0v) is 16.2. The smallest absolute Gasteiger partial charge is 0.308 e. The van der Waals surface area contributed by atoms with E-state index in [4.69, 9.17) is 11.6 Å². The van der Waals surface area contributed by atoms with Crippen molar-refractivity contribution in [1.82, 2.24) is 9.47 Å². The van der Waals surface area contributed by atoms with Crippen molar-refractivity contribution in [3.63, 3.8) is 0 Å². The average Bonchev–Trinajstić information content (AvgIpc) is 2.83. The molecule has 0 aliphatic carbocycles. The Kier molecular flexibility index (Phi) is 6.87. The summed E-state index contributed by atoms with van der Waals surface area (Å²) in [5.41, 5.74) is 0.712. The molecular formula is C16H21Cl2N3O3S. The first-order valence-electron chi connectivity index (χ1n) is 8.02. The van der Waals surface area contributed by atoms with Gasteiger partial charge in [-0.25, -0.2) is 0 Å². The molecule has 6 nitrogen and oxygen atoms in total. The standard InChI is InChI=1S/C16H20ClN3O3S.ClH/c1-11(21)9-18-4-6-19(7-5-18)15(22)10-20-13-8-12(17)2-3-14(13)24-16(20)23;/h2-3,8,11,21H,4-7,9-10H2,1H3;1H. The molecule has 0 bridgehead atoms. The van der Waals surface area contributed by atoms with Crippen LogP contribution in [0.25, 0.3) is 10.2 Å². The Morgan fingerprint density at radius 2 is 2.08 bits per heavy atom. The van der Waals surface area contributed by atoms with Crippen LogP contribution in [0.3, 0.4) is 0 Å². The molecule has 0 spiro atoms. The summed E-state index contributed by atoms with van der Waals surface area (Å²) in [6.45, 7) is 5.48. The molecule has 1 unspecified atom stereocenters. The summed E-state index contributed by atoms with van der Waals surface area (Å²) >= 11 is 7.14. The number of halogens is 2. The van der Waals surface area contributed by atoms with Crippen LogP contribution in [0, 0.1) is 0 Å². The van der Waals surface area contributed by atoms with Gasteiger partial charge in [-0.1, -0.05) is 22.9 Å². The van der Waals surface area contributed by atoms with Gasteiger partial charge in [-0.2, -0.15) is 0 Å². The Morgan fingerprint density at radius 3 is 2.72 bits per heavy atom. The lowest BCUT2D eigenvalue weighted by Crippen LogP contribution is -3.15. The molecule has 2 aromatic rings. The van der Waals surface area contributed by atoms with Gasteiger partial charge >= 0.3 is 4.87 Å². The maximum atomic E-state index is 12.6. The lowest BCUT2D eigenvalue weighted by Gasteiger charge is -2.32. The minimum atomic E-state index is -0.331. The van der Waals surface area contributed by atoms with Crippen molar-refractivity contribution in [1.29, 1.82) is 0 Å². The number of thiazole rings is 1. The van der Waals surface area contributed by atoms with Gasteiger partial charge in [0.1, 0.15) is 19.2 Å². The average molecular weight is 406 g/mol. The van der Waals surface area contributed by atoms with Gasteiger partial charge in [-0.05, 0) is 25.1 Å². The first-order chi connectivity index (χ1) is 11.4. The summed E-state index contributed by atoms with van der Waals surface area (Å²) in [7, 11) is 0. The number of nitrogens with one attached hydrogen (secondary N) is 1. The minimum absolute atomic E-state index is 0. The Morgan fingerprint density at radius 1 is 1.40 bits per heavy atom. The zero-order valence-electron chi connectivity index (χ0n) is 13.9. The molecule has 1 atom stereocenters. The van der Waals surface area contributed by atoms with Gasteiger partial charge in [0, 0.05) is 5.02 Å². The van der Waals surface area contributed by atoms with Crippen molar-refractivity contribution in [3.05, 3.63) is 32.9 Å². The molecule has 1 aliphatic rings. The summed E-state index contributed by atoms with van der Waals surface area (Å²) in [5, 5.41) is 10.0.